The molecule has 0 saturated carbocycles. The number of rotatable bonds is 6. The Labute approximate surface area is 112 Å². The monoisotopic (exact) mass is 265 g/mol. The zero-order valence-electron chi connectivity index (χ0n) is 11.4. The van der Waals surface area contributed by atoms with Gasteiger partial charge in [-0.1, -0.05) is 13.0 Å². The highest BCUT2D eigenvalue weighted by Gasteiger charge is 2.14. The van der Waals surface area contributed by atoms with Crippen molar-refractivity contribution in [3.8, 4) is 5.75 Å². The number of carboxylic acids is 1. The minimum atomic E-state index is -0.895. The molecule has 0 bridgehead atoms. The molecule has 1 unspecified atom stereocenters. The molecule has 5 heteroatoms. The summed E-state index contributed by atoms with van der Waals surface area (Å²) in [7, 11) is 1.54. The fourth-order valence-electron chi connectivity index (χ4n) is 1.81. The first-order chi connectivity index (χ1) is 8.92. The number of benzene rings is 1. The highest BCUT2D eigenvalue weighted by Crippen LogP contribution is 2.25. The Balaban J connectivity index is 2.66. The maximum absolute atomic E-state index is 11.8. The number of carboxylic acid groups (broad SMARTS) is 1. The van der Waals surface area contributed by atoms with Crippen molar-refractivity contribution in [2.45, 2.75) is 26.7 Å². The molecule has 1 aromatic rings. The summed E-state index contributed by atoms with van der Waals surface area (Å²) in [6.07, 6.45) is 0.155. The summed E-state index contributed by atoms with van der Waals surface area (Å²) in [6.45, 7) is 3.66. The SMILES string of the molecule is COc1ccc(C)cc1NC(=O)CC(C)CC(=O)O. The van der Waals surface area contributed by atoms with E-state index in [1.807, 2.05) is 19.1 Å². The highest BCUT2D eigenvalue weighted by molar-refractivity contribution is 5.92. The maximum atomic E-state index is 11.8. The van der Waals surface area contributed by atoms with Crippen LogP contribution in [0.1, 0.15) is 25.3 Å². The topological polar surface area (TPSA) is 75.6 Å². The highest BCUT2D eigenvalue weighted by atomic mass is 16.5. The van der Waals surface area contributed by atoms with E-state index in [0.717, 1.165) is 5.56 Å². The number of hydrogen-bond donors (Lipinski definition) is 2. The summed E-state index contributed by atoms with van der Waals surface area (Å²) in [5.41, 5.74) is 1.62. The van der Waals surface area contributed by atoms with Crippen LogP contribution in [0.2, 0.25) is 0 Å². The second-order valence-corrected chi connectivity index (χ2v) is 4.66. The number of methoxy groups -OCH3 is 1. The normalized spacial score (nSPS) is 11.7. The van der Waals surface area contributed by atoms with Crippen LogP contribution in [0.4, 0.5) is 5.69 Å². The molecular formula is C14H19NO4. The van der Waals surface area contributed by atoms with Crippen molar-refractivity contribution in [3.63, 3.8) is 0 Å². The molecular weight excluding hydrogens is 246 g/mol. The summed E-state index contributed by atoms with van der Waals surface area (Å²) in [4.78, 5) is 22.4. The number of aliphatic carboxylic acids is 1. The first kappa shape index (κ1) is 15.0. The van der Waals surface area contributed by atoms with Crippen molar-refractivity contribution in [2.24, 2.45) is 5.92 Å². The van der Waals surface area contributed by atoms with E-state index in [1.165, 1.54) is 7.11 Å². The average molecular weight is 265 g/mol. The summed E-state index contributed by atoms with van der Waals surface area (Å²) < 4.78 is 5.16. The third kappa shape index (κ3) is 4.99. The smallest absolute Gasteiger partial charge is 0.303 e. The Hall–Kier alpha value is -2.04. The van der Waals surface area contributed by atoms with Gasteiger partial charge in [-0.3, -0.25) is 9.59 Å². The number of amides is 1. The van der Waals surface area contributed by atoms with Gasteiger partial charge in [0.2, 0.25) is 5.91 Å². The molecule has 1 amide bonds. The molecule has 0 aliphatic heterocycles. The van der Waals surface area contributed by atoms with Gasteiger partial charge in [-0.15, -0.1) is 0 Å². The predicted octanol–water partition coefficient (Wildman–Crippen LogP) is 2.44. The van der Waals surface area contributed by atoms with Crippen molar-refractivity contribution in [2.75, 3.05) is 12.4 Å². The zero-order valence-corrected chi connectivity index (χ0v) is 11.4. The second kappa shape index (κ2) is 6.78. The minimum Gasteiger partial charge on any atom is -0.495 e. The van der Waals surface area contributed by atoms with E-state index in [-0.39, 0.29) is 24.7 Å². The van der Waals surface area contributed by atoms with Crippen LogP contribution < -0.4 is 10.1 Å². The van der Waals surface area contributed by atoms with E-state index >= 15 is 0 Å². The molecule has 2 N–H and O–H groups in total. The summed E-state index contributed by atoms with van der Waals surface area (Å²) in [5.74, 6) is -0.718. The zero-order chi connectivity index (χ0) is 14.4. The van der Waals surface area contributed by atoms with Crippen molar-refractivity contribution in [1.82, 2.24) is 0 Å². The van der Waals surface area contributed by atoms with Crippen LogP contribution in [0.25, 0.3) is 0 Å². The number of nitrogens with one attached hydrogen (secondary N) is 1. The lowest BCUT2D eigenvalue weighted by atomic mass is 10.0. The van der Waals surface area contributed by atoms with Gasteiger partial charge in [0.1, 0.15) is 5.75 Å². The first-order valence-electron chi connectivity index (χ1n) is 6.08. The van der Waals surface area contributed by atoms with Gasteiger partial charge in [0.15, 0.2) is 0 Å². The molecule has 0 aromatic heterocycles. The van der Waals surface area contributed by atoms with Crippen LogP contribution in [-0.2, 0) is 9.59 Å². The largest absolute Gasteiger partial charge is 0.495 e. The molecule has 104 valence electrons. The van der Waals surface area contributed by atoms with Gasteiger partial charge < -0.3 is 15.2 Å². The van der Waals surface area contributed by atoms with Crippen molar-refractivity contribution >= 4 is 17.6 Å². The van der Waals surface area contributed by atoms with Gasteiger partial charge >= 0.3 is 5.97 Å². The molecule has 0 fully saturated rings. The number of hydrogen-bond acceptors (Lipinski definition) is 3. The maximum Gasteiger partial charge on any atom is 0.303 e. The van der Waals surface area contributed by atoms with E-state index in [9.17, 15) is 9.59 Å². The van der Waals surface area contributed by atoms with Gasteiger partial charge in [-0.05, 0) is 30.5 Å². The summed E-state index contributed by atoms with van der Waals surface area (Å²) in [6, 6.07) is 5.49. The molecule has 19 heavy (non-hydrogen) atoms. The predicted molar refractivity (Wildman–Crippen MR) is 72.4 cm³/mol. The Morgan fingerprint density at radius 1 is 1.37 bits per heavy atom. The standard InChI is InChI=1S/C14H19NO4/c1-9-4-5-12(19-3)11(6-9)15-13(16)7-10(2)8-14(17)18/h4-6,10H,7-8H2,1-3H3,(H,15,16)(H,17,18). The summed E-state index contributed by atoms with van der Waals surface area (Å²) >= 11 is 0. The van der Waals surface area contributed by atoms with Crippen molar-refractivity contribution in [3.05, 3.63) is 23.8 Å². The summed E-state index contributed by atoms with van der Waals surface area (Å²) in [5, 5.41) is 11.4. The van der Waals surface area contributed by atoms with Gasteiger partial charge in [-0.25, -0.2) is 0 Å². The lowest BCUT2D eigenvalue weighted by molar-refractivity contribution is -0.138. The number of carbonyl (C=O) groups is 2. The van der Waals surface area contributed by atoms with Crippen LogP contribution in [-0.4, -0.2) is 24.1 Å². The number of ether oxygens (including phenoxy) is 1. The molecule has 5 nitrogen and oxygen atoms in total. The number of carbonyl (C=O) groups excluding carboxylic acids is 1. The van der Waals surface area contributed by atoms with E-state index in [4.69, 9.17) is 9.84 Å². The lowest BCUT2D eigenvalue weighted by Crippen LogP contribution is -2.17. The third-order valence-corrected chi connectivity index (χ3v) is 2.69. The van der Waals surface area contributed by atoms with E-state index in [0.29, 0.717) is 11.4 Å². The number of aryl methyl sites for hydroxylation is 1. The lowest BCUT2D eigenvalue weighted by Gasteiger charge is -2.12. The molecule has 0 saturated heterocycles. The van der Waals surface area contributed by atoms with Gasteiger partial charge in [0.05, 0.1) is 12.8 Å². The van der Waals surface area contributed by atoms with E-state index < -0.39 is 5.97 Å². The molecule has 0 aliphatic carbocycles. The molecule has 0 aliphatic rings. The van der Waals surface area contributed by atoms with Gasteiger partial charge in [0.25, 0.3) is 0 Å². The fourth-order valence-corrected chi connectivity index (χ4v) is 1.81. The van der Waals surface area contributed by atoms with Crippen LogP contribution in [0, 0.1) is 12.8 Å². The van der Waals surface area contributed by atoms with Crippen molar-refractivity contribution in [1.29, 1.82) is 0 Å². The van der Waals surface area contributed by atoms with E-state index in [1.54, 1.807) is 13.0 Å². The Morgan fingerprint density at radius 2 is 2.05 bits per heavy atom. The average Bonchev–Trinajstić information content (AvgIpc) is 2.27. The van der Waals surface area contributed by atoms with Crippen LogP contribution in [0.3, 0.4) is 0 Å². The van der Waals surface area contributed by atoms with Crippen LogP contribution in [0.15, 0.2) is 18.2 Å². The number of anilines is 1. The van der Waals surface area contributed by atoms with E-state index in [2.05, 4.69) is 5.32 Å². The fraction of sp³-hybridized carbons (Fsp3) is 0.429. The molecule has 0 radical (unpaired) electrons. The van der Waals surface area contributed by atoms with Crippen LogP contribution in [0.5, 0.6) is 5.75 Å². The molecule has 0 heterocycles. The van der Waals surface area contributed by atoms with Crippen molar-refractivity contribution < 1.29 is 19.4 Å². The quantitative estimate of drug-likeness (QED) is 0.828. The second-order valence-electron chi connectivity index (χ2n) is 4.66. The minimum absolute atomic E-state index is 0.0155. The van der Waals surface area contributed by atoms with Crippen LogP contribution >= 0.6 is 0 Å². The van der Waals surface area contributed by atoms with Gasteiger partial charge in [0, 0.05) is 12.8 Å². The molecule has 1 aromatic carbocycles. The third-order valence-electron chi connectivity index (χ3n) is 2.69. The molecule has 1 rings (SSSR count). The Bertz CT molecular complexity index is 471. The Kier molecular flexibility index (Phi) is 5.36. The Morgan fingerprint density at radius 3 is 2.63 bits per heavy atom. The molecule has 0 spiro atoms. The molecule has 1 atom stereocenters. The first-order valence-corrected chi connectivity index (χ1v) is 6.08. The van der Waals surface area contributed by atoms with Gasteiger partial charge in [-0.2, -0.15) is 0 Å².